The van der Waals surface area contributed by atoms with Gasteiger partial charge in [0.15, 0.2) is 5.78 Å². The highest BCUT2D eigenvalue weighted by atomic mass is 35.5. The smallest absolute Gasteiger partial charge is 0.374 e. The van der Waals surface area contributed by atoms with Crippen LogP contribution < -0.4 is 0 Å². The maximum absolute atomic E-state index is 14.2. The quantitative estimate of drug-likeness (QED) is 0.300. The average molecular weight is 565 g/mol. The molecule has 0 radical (unpaired) electrons. The molecule has 0 spiro atoms. The molecule has 2 aromatic carbocycles. The van der Waals surface area contributed by atoms with Gasteiger partial charge in [0.1, 0.15) is 6.54 Å². The first-order chi connectivity index (χ1) is 17.3. The summed E-state index contributed by atoms with van der Waals surface area (Å²) in [6.07, 6.45) is -8.56. The maximum Gasteiger partial charge on any atom is 0.435 e. The van der Waals surface area contributed by atoms with Gasteiger partial charge in [-0.1, -0.05) is 40.5 Å². The zero-order valence-corrected chi connectivity index (χ0v) is 20.6. The van der Waals surface area contributed by atoms with Crippen LogP contribution in [0.15, 0.2) is 41.6 Å². The highest BCUT2D eigenvalue weighted by Gasteiger charge is 2.62. The number of carbonyl (C=O) groups excluding carboxylic acids is 2. The number of aryl methyl sites for hydroxylation is 1. The number of nitrogens with zero attached hydrogens (tertiary/aromatic N) is 2. The van der Waals surface area contributed by atoms with Crippen molar-refractivity contribution in [2.24, 2.45) is 11.1 Å². The second-order valence-corrected chi connectivity index (χ2v) is 9.60. The third-order valence-electron chi connectivity index (χ3n) is 6.14. The van der Waals surface area contributed by atoms with Gasteiger partial charge in [-0.05, 0) is 42.3 Å². The fraction of sp³-hybridized carbons (Fsp3) is 0.375. The Labute approximate surface area is 217 Å². The largest absolute Gasteiger partial charge is 0.435 e. The van der Waals surface area contributed by atoms with E-state index in [0.717, 1.165) is 12.1 Å². The Morgan fingerprint density at radius 1 is 1.19 bits per heavy atom. The molecule has 0 aliphatic carbocycles. The standard InChI is InChI=1S/C24H19Cl2F5N2O4/c1-12-4-13(2-3-18(12)20(34)5-14-11-36-33(22(14)35)10-21(27)28)19-9-23(37-32-19,24(29,30)31)15-6-16(25)8-17(26)7-15/h2-4,6-8,14,21H,5,9-11H2,1H3/t14-,23+/m1/s1. The van der Waals surface area contributed by atoms with Crippen LogP contribution in [0.25, 0.3) is 0 Å². The predicted molar refractivity (Wildman–Crippen MR) is 124 cm³/mol. The molecule has 0 unspecified atom stereocenters. The Bertz CT molecular complexity index is 1250. The summed E-state index contributed by atoms with van der Waals surface area (Å²) >= 11 is 11.8. The minimum absolute atomic E-state index is 0.00228. The molecule has 0 saturated carbocycles. The number of ketones is 1. The van der Waals surface area contributed by atoms with E-state index in [1.807, 2.05) is 0 Å². The summed E-state index contributed by atoms with van der Waals surface area (Å²) < 4.78 is 67.7. The highest BCUT2D eigenvalue weighted by Crippen LogP contribution is 2.49. The number of rotatable bonds is 7. The lowest BCUT2D eigenvalue weighted by Crippen LogP contribution is -2.42. The lowest BCUT2D eigenvalue weighted by molar-refractivity contribution is -0.275. The molecule has 4 rings (SSSR count). The van der Waals surface area contributed by atoms with E-state index < -0.39 is 48.8 Å². The van der Waals surface area contributed by atoms with Crippen LogP contribution in [0.2, 0.25) is 10.0 Å². The van der Waals surface area contributed by atoms with Crippen molar-refractivity contribution >= 4 is 40.6 Å². The summed E-state index contributed by atoms with van der Waals surface area (Å²) in [5.41, 5.74) is -2.15. The second kappa shape index (κ2) is 10.2. The summed E-state index contributed by atoms with van der Waals surface area (Å²) in [7, 11) is 0. The lowest BCUT2D eigenvalue weighted by Gasteiger charge is -2.29. The Morgan fingerprint density at radius 2 is 1.86 bits per heavy atom. The van der Waals surface area contributed by atoms with Gasteiger partial charge in [0, 0.05) is 34.0 Å². The second-order valence-electron chi connectivity index (χ2n) is 8.73. The average Bonchev–Trinajstić information content (AvgIpc) is 3.39. The SMILES string of the molecule is Cc1cc(C2=NO[C@@](c3cc(Cl)cc(Cl)c3)(C(F)(F)F)C2)ccc1C(=O)C[C@@H]1CON(CC(F)F)C1=O. The normalized spacial score (nSPS) is 22.0. The molecule has 2 aliphatic rings. The van der Waals surface area contributed by atoms with Gasteiger partial charge in [0.25, 0.3) is 17.9 Å². The number of amides is 1. The van der Waals surface area contributed by atoms with Crippen molar-refractivity contribution in [3.8, 4) is 0 Å². The van der Waals surface area contributed by atoms with Gasteiger partial charge in [-0.2, -0.15) is 13.2 Å². The van der Waals surface area contributed by atoms with E-state index in [4.69, 9.17) is 32.9 Å². The third-order valence-corrected chi connectivity index (χ3v) is 6.57. The van der Waals surface area contributed by atoms with Crippen LogP contribution in [0.1, 0.15) is 39.9 Å². The molecule has 1 saturated heterocycles. The molecule has 6 nitrogen and oxygen atoms in total. The van der Waals surface area contributed by atoms with Crippen LogP contribution >= 0.6 is 23.2 Å². The number of hydrogen-bond acceptors (Lipinski definition) is 5. The van der Waals surface area contributed by atoms with Crippen molar-refractivity contribution in [1.82, 2.24) is 5.06 Å². The molecule has 0 bridgehead atoms. The van der Waals surface area contributed by atoms with Crippen LogP contribution in [-0.2, 0) is 20.1 Å². The maximum atomic E-state index is 14.2. The van der Waals surface area contributed by atoms with Crippen molar-refractivity contribution in [2.45, 2.75) is 38.0 Å². The fourth-order valence-corrected chi connectivity index (χ4v) is 4.79. The molecule has 37 heavy (non-hydrogen) atoms. The van der Waals surface area contributed by atoms with Crippen LogP contribution in [0, 0.1) is 12.8 Å². The predicted octanol–water partition coefficient (Wildman–Crippen LogP) is 6.11. The van der Waals surface area contributed by atoms with Gasteiger partial charge in [0.05, 0.1) is 18.2 Å². The summed E-state index contributed by atoms with van der Waals surface area (Å²) in [4.78, 5) is 35.0. The molecule has 0 aromatic heterocycles. The molecule has 2 aromatic rings. The summed E-state index contributed by atoms with van der Waals surface area (Å²) in [5, 5.41) is 4.26. The lowest BCUT2D eigenvalue weighted by atomic mass is 9.86. The van der Waals surface area contributed by atoms with Gasteiger partial charge < -0.3 is 4.84 Å². The van der Waals surface area contributed by atoms with Crippen LogP contribution in [0.4, 0.5) is 22.0 Å². The van der Waals surface area contributed by atoms with Crippen LogP contribution in [0.3, 0.4) is 0 Å². The highest BCUT2D eigenvalue weighted by molar-refractivity contribution is 6.34. The molecule has 1 amide bonds. The Kier molecular flexibility index (Phi) is 7.51. The molecule has 2 atom stereocenters. The van der Waals surface area contributed by atoms with Crippen LogP contribution in [-0.4, -0.2) is 48.2 Å². The van der Waals surface area contributed by atoms with E-state index >= 15 is 0 Å². The van der Waals surface area contributed by atoms with E-state index in [2.05, 4.69) is 5.16 Å². The number of hydrogen-bond donors (Lipinski definition) is 0. The number of carbonyl (C=O) groups is 2. The number of oxime groups is 1. The zero-order valence-electron chi connectivity index (χ0n) is 19.1. The zero-order chi connectivity index (χ0) is 27.1. The molecule has 2 heterocycles. The van der Waals surface area contributed by atoms with Gasteiger partial charge in [-0.3, -0.25) is 14.4 Å². The number of benzene rings is 2. The number of hydroxylamine groups is 2. The van der Waals surface area contributed by atoms with Gasteiger partial charge >= 0.3 is 6.18 Å². The van der Waals surface area contributed by atoms with Crippen molar-refractivity contribution in [3.63, 3.8) is 0 Å². The minimum Gasteiger partial charge on any atom is -0.374 e. The molecular weight excluding hydrogens is 546 g/mol. The number of Topliss-reactive ketones (excluding diaryl/α,β-unsaturated/α-hetero) is 1. The van der Waals surface area contributed by atoms with Crippen molar-refractivity contribution in [2.75, 3.05) is 13.2 Å². The number of halogens is 7. The molecule has 2 aliphatic heterocycles. The van der Waals surface area contributed by atoms with E-state index in [0.29, 0.717) is 16.2 Å². The first-order valence-electron chi connectivity index (χ1n) is 11.0. The Hall–Kier alpha value is -2.76. The van der Waals surface area contributed by atoms with E-state index in [1.165, 1.54) is 24.3 Å². The first-order valence-corrected chi connectivity index (χ1v) is 11.7. The van der Waals surface area contributed by atoms with Crippen molar-refractivity contribution in [3.05, 3.63) is 68.7 Å². The van der Waals surface area contributed by atoms with Gasteiger partial charge in [-0.15, -0.1) is 0 Å². The summed E-state index contributed by atoms with van der Waals surface area (Å²) in [5.74, 6) is -2.05. The third kappa shape index (κ3) is 5.44. The molecule has 198 valence electrons. The van der Waals surface area contributed by atoms with E-state index in [-0.39, 0.29) is 39.9 Å². The van der Waals surface area contributed by atoms with Crippen molar-refractivity contribution < 1.29 is 41.2 Å². The van der Waals surface area contributed by atoms with Gasteiger partial charge in [-0.25, -0.2) is 13.8 Å². The number of alkyl halides is 5. The summed E-state index contributed by atoms with van der Waals surface area (Å²) in [6, 6.07) is 7.86. The molecular formula is C24H19Cl2F5N2O4. The van der Waals surface area contributed by atoms with Gasteiger partial charge in [0.2, 0.25) is 0 Å². The molecule has 1 fully saturated rings. The van der Waals surface area contributed by atoms with E-state index in [1.54, 1.807) is 6.92 Å². The van der Waals surface area contributed by atoms with Crippen molar-refractivity contribution in [1.29, 1.82) is 0 Å². The first kappa shape index (κ1) is 27.3. The fourth-order valence-electron chi connectivity index (χ4n) is 4.27. The topological polar surface area (TPSA) is 68.2 Å². The molecule has 13 heteroatoms. The summed E-state index contributed by atoms with van der Waals surface area (Å²) in [6.45, 7) is 0.495. The monoisotopic (exact) mass is 564 g/mol. The van der Waals surface area contributed by atoms with E-state index in [9.17, 15) is 31.5 Å². The van der Waals surface area contributed by atoms with Crippen LogP contribution in [0.5, 0.6) is 0 Å². The Balaban J connectivity index is 1.52. The molecule has 0 N–H and O–H groups in total. The minimum atomic E-state index is -4.86. The Morgan fingerprint density at radius 3 is 2.46 bits per heavy atom.